The van der Waals surface area contributed by atoms with Crippen LogP contribution in [0.2, 0.25) is 0 Å². The molecule has 1 fully saturated rings. The number of aliphatic hydroxyl groups excluding tert-OH is 1. The van der Waals surface area contributed by atoms with Crippen molar-refractivity contribution in [2.24, 2.45) is 4.99 Å². The summed E-state index contributed by atoms with van der Waals surface area (Å²) >= 11 is 0. The topological polar surface area (TPSA) is 93.6 Å². The van der Waals surface area contributed by atoms with Gasteiger partial charge in [0.15, 0.2) is 0 Å². The summed E-state index contributed by atoms with van der Waals surface area (Å²) in [5, 5.41) is 13.3. The Morgan fingerprint density at radius 2 is 2.36 bits per heavy atom. The SMILES string of the molecule is O=C1NC(N2CCC(O)C2)=NC1=Cc1c[nH]c2ncccc12. The number of amides is 1. The van der Waals surface area contributed by atoms with Gasteiger partial charge in [0.05, 0.1) is 6.10 Å². The molecule has 0 aromatic carbocycles. The first kappa shape index (κ1) is 13.0. The van der Waals surface area contributed by atoms with E-state index in [0.717, 1.165) is 16.6 Å². The van der Waals surface area contributed by atoms with Crippen molar-refractivity contribution in [2.75, 3.05) is 13.1 Å². The van der Waals surface area contributed by atoms with Gasteiger partial charge in [-0.1, -0.05) is 0 Å². The zero-order valence-electron chi connectivity index (χ0n) is 11.8. The number of aliphatic hydroxyl groups is 1. The number of pyridine rings is 1. The van der Waals surface area contributed by atoms with Crippen molar-refractivity contribution in [1.82, 2.24) is 20.2 Å². The maximum atomic E-state index is 12.1. The lowest BCUT2D eigenvalue weighted by molar-refractivity contribution is -0.115. The molecule has 112 valence electrons. The third-order valence-corrected chi connectivity index (χ3v) is 3.92. The normalized spacial score (nSPS) is 23.4. The van der Waals surface area contributed by atoms with E-state index in [1.54, 1.807) is 12.3 Å². The van der Waals surface area contributed by atoms with Gasteiger partial charge in [-0.15, -0.1) is 0 Å². The third-order valence-electron chi connectivity index (χ3n) is 3.92. The molecule has 1 atom stereocenters. The van der Waals surface area contributed by atoms with Gasteiger partial charge < -0.3 is 15.0 Å². The van der Waals surface area contributed by atoms with Crippen LogP contribution in [0.25, 0.3) is 17.1 Å². The van der Waals surface area contributed by atoms with Crippen LogP contribution in [-0.4, -0.2) is 51.0 Å². The van der Waals surface area contributed by atoms with Crippen molar-refractivity contribution in [2.45, 2.75) is 12.5 Å². The van der Waals surface area contributed by atoms with Crippen molar-refractivity contribution >= 4 is 29.0 Å². The van der Waals surface area contributed by atoms with E-state index in [0.29, 0.717) is 31.2 Å². The number of aliphatic imine (C=N–C) groups is 1. The molecule has 2 aliphatic heterocycles. The smallest absolute Gasteiger partial charge is 0.276 e. The van der Waals surface area contributed by atoms with Crippen LogP contribution in [0.3, 0.4) is 0 Å². The molecule has 0 radical (unpaired) electrons. The fraction of sp³-hybridized carbons (Fsp3) is 0.267. The summed E-state index contributed by atoms with van der Waals surface area (Å²) in [6.45, 7) is 1.20. The summed E-state index contributed by atoms with van der Waals surface area (Å²) in [5.74, 6) is 0.292. The van der Waals surface area contributed by atoms with Crippen LogP contribution in [0, 0.1) is 0 Å². The Morgan fingerprint density at radius 1 is 1.45 bits per heavy atom. The molecule has 7 nitrogen and oxygen atoms in total. The van der Waals surface area contributed by atoms with Gasteiger partial charge >= 0.3 is 0 Å². The summed E-state index contributed by atoms with van der Waals surface area (Å²) in [6, 6.07) is 3.80. The lowest BCUT2D eigenvalue weighted by atomic mass is 10.2. The van der Waals surface area contributed by atoms with Gasteiger partial charge in [0.25, 0.3) is 5.91 Å². The molecule has 4 rings (SSSR count). The fourth-order valence-electron chi connectivity index (χ4n) is 2.78. The zero-order chi connectivity index (χ0) is 15.1. The number of β-amino-alcohol motifs (C(OH)–C–C–N with tert-alkyl or cyclic N) is 1. The minimum atomic E-state index is -0.354. The fourth-order valence-corrected chi connectivity index (χ4v) is 2.78. The molecule has 0 aliphatic carbocycles. The maximum Gasteiger partial charge on any atom is 0.276 e. The molecule has 22 heavy (non-hydrogen) atoms. The Labute approximate surface area is 126 Å². The first-order chi connectivity index (χ1) is 10.7. The quantitative estimate of drug-likeness (QED) is 0.666. The van der Waals surface area contributed by atoms with Crippen LogP contribution >= 0.6 is 0 Å². The highest BCUT2D eigenvalue weighted by Gasteiger charge is 2.29. The predicted octanol–water partition coefficient (Wildman–Crippen LogP) is 0.456. The van der Waals surface area contributed by atoms with Gasteiger partial charge in [-0.2, -0.15) is 0 Å². The molecule has 0 bridgehead atoms. The van der Waals surface area contributed by atoms with E-state index in [9.17, 15) is 9.90 Å². The van der Waals surface area contributed by atoms with Gasteiger partial charge in [-0.25, -0.2) is 9.98 Å². The Morgan fingerprint density at radius 3 is 3.18 bits per heavy atom. The molecule has 1 amide bonds. The minimum absolute atomic E-state index is 0.227. The second-order valence-corrected chi connectivity index (χ2v) is 5.45. The zero-order valence-corrected chi connectivity index (χ0v) is 11.8. The Balaban J connectivity index is 1.67. The lowest BCUT2D eigenvalue weighted by Crippen LogP contribution is -2.39. The van der Waals surface area contributed by atoms with E-state index in [2.05, 4.69) is 20.3 Å². The van der Waals surface area contributed by atoms with Gasteiger partial charge in [0, 0.05) is 36.4 Å². The molecule has 2 aromatic heterocycles. The second kappa shape index (κ2) is 4.96. The van der Waals surface area contributed by atoms with Crippen LogP contribution in [0.15, 0.2) is 35.2 Å². The van der Waals surface area contributed by atoms with Crippen LogP contribution < -0.4 is 5.32 Å². The molecule has 7 heteroatoms. The summed E-state index contributed by atoms with van der Waals surface area (Å²) in [7, 11) is 0. The molecule has 2 aromatic rings. The van der Waals surface area contributed by atoms with E-state index in [1.807, 2.05) is 23.2 Å². The van der Waals surface area contributed by atoms with Gasteiger partial charge in [-0.05, 0) is 24.6 Å². The number of H-pyrrole nitrogens is 1. The third kappa shape index (κ3) is 2.15. The van der Waals surface area contributed by atoms with Crippen molar-refractivity contribution in [3.63, 3.8) is 0 Å². The average molecular weight is 297 g/mol. The van der Waals surface area contributed by atoms with Crippen LogP contribution in [-0.2, 0) is 4.79 Å². The van der Waals surface area contributed by atoms with Gasteiger partial charge in [-0.3, -0.25) is 10.1 Å². The van der Waals surface area contributed by atoms with Gasteiger partial charge in [0.2, 0.25) is 5.96 Å². The maximum absolute atomic E-state index is 12.1. The van der Waals surface area contributed by atoms with E-state index < -0.39 is 0 Å². The Kier molecular flexibility index (Phi) is 2.93. The largest absolute Gasteiger partial charge is 0.391 e. The average Bonchev–Trinajstić information content (AvgIpc) is 3.20. The molecule has 4 heterocycles. The Hall–Kier alpha value is -2.67. The number of hydrogen-bond acceptors (Lipinski definition) is 5. The van der Waals surface area contributed by atoms with Crippen LogP contribution in [0.5, 0.6) is 0 Å². The first-order valence-electron chi connectivity index (χ1n) is 7.17. The highest BCUT2D eigenvalue weighted by atomic mass is 16.3. The van der Waals surface area contributed by atoms with Crippen molar-refractivity contribution < 1.29 is 9.90 Å². The van der Waals surface area contributed by atoms with Crippen LogP contribution in [0.4, 0.5) is 0 Å². The number of likely N-dealkylation sites (tertiary alicyclic amines) is 1. The number of aromatic nitrogens is 2. The molecule has 1 saturated heterocycles. The lowest BCUT2D eigenvalue weighted by Gasteiger charge is -2.15. The standard InChI is InChI=1S/C15H15N5O2/c21-10-3-5-20(8-10)15-18-12(14(22)19-15)6-9-7-17-13-11(9)2-1-4-16-13/h1-2,4,6-7,10,21H,3,5,8H2,(H,16,17)(H,18,19,22). The monoisotopic (exact) mass is 297 g/mol. The number of aromatic amines is 1. The van der Waals surface area contributed by atoms with Crippen molar-refractivity contribution in [3.05, 3.63) is 35.8 Å². The van der Waals surface area contributed by atoms with Crippen molar-refractivity contribution in [1.29, 1.82) is 0 Å². The molecule has 3 N–H and O–H groups in total. The number of hydrogen-bond donors (Lipinski definition) is 3. The van der Waals surface area contributed by atoms with E-state index in [1.165, 1.54) is 0 Å². The molecule has 2 aliphatic rings. The van der Waals surface area contributed by atoms with E-state index >= 15 is 0 Å². The van der Waals surface area contributed by atoms with Gasteiger partial charge in [0.1, 0.15) is 11.3 Å². The molecule has 0 saturated carbocycles. The summed E-state index contributed by atoms with van der Waals surface area (Å²) in [6.07, 6.45) is 5.61. The number of nitrogens with zero attached hydrogens (tertiary/aromatic N) is 3. The number of rotatable bonds is 1. The first-order valence-corrected chi connectivity index (χ1v) is 7.17. The molecule has 1 unspecified atom stereocenters. The highest BCUT2D eigenvalue weighted by molar-refractivity contribution is 6.14. The second-order valence-electron chi connectivity index (χ2n) is 5.45. The van der Waals surface area contributed by atoms with E-state index in [4.69, 9.17) is 0 Å². The van der Waals surface area contributed by atoms with Crippen LogP contribution in [0.1, 0.15) is 12.0 Å². The van der Waals surface area contributed by atoms with E-state index in [-0.39, 0.29) is 12.0 Å². The summed E-state index contributed by atoms with van der Waals surface area (Å²) < 4.78 is 0. The summed E-state index contributed by atoms with van der Waals surface area (Å²) in [5.41, 5.74) is 2.01. The Bertz CT molecular complexity index is 807. The number of guanidine groups is 1. The number of carbonyl (C=O) groups excluding carboxylic acids is 1. The molecule has 0 spiro atoms. The number of fused-ring (bicyclic) bond motifs is 1. The minimum Gasteiger partial charge on any atom is -0.391 e. The highest BCUT2D eigenvalue weighted by Crippen LogP contribution is 2.21. The molecular weight excluding hydrogens is 282 g/mol. The molecular formula is C15H15N5O2. The predicted molar refractivity (Wildman–Crippen MR) is 81.8 cm³/mol. The summed E-state index contributed by atoms with van der Waals surface area (Å²) in [4.78, 5) is 25.6. The number of nitrogens with one attached hydrogen (secondary N) is 2. The number of carbonyl (C=O) groups is 1. The van der Waals surface area contributed by atoms with Crippen molar-refractivity contribution in [3.8, 4) is 0 Å².